The van der Waals surface area contributed by atoms with Gasteiger partial charge < -0.3 is 2.85 Å². The molecule has 0 heterocycles. The van der Waals surface area contributed by atoms with Gasteiger partial charge in [-0.3, -0.25) is 0 Å². The second-order valence-corrected chi connectivity index (χ2v) is 0. The Balaban J connectivity index is 0. The van der Waals surface area contributed by atoms with E-state index in [9.17, 15) is 0 Å². The molecular weight excluding hydrogens is 391 g/mol. The average molecular weight is 393 g/mol. The molecule has 0 rings (SSSR count). The normalized spacial score (nSPS) is 0. The van der Waals surface area contributed by atoms with Gasteiger partial charge in [-0.2, -0.15) is 0 Å². The van der Waals surface area contributed by atoms with E-state index in [-0.39, 0.29) is 110 Å². The van der Waals surface area contributed by atoms with Gasteiger partial charge in [0.2, 0.25) is 0 Å². The van der Waals surface area contributed by atoms with Crippen molar-refractivity contribution >= 4 is 107 Å². The monoisotopic (exact) mass is 393 g/mol. The van der Waals surface area contributed by atoms with Crippen LogP contribution in [0.4, 0.5) is 0 Å². The van der Waals surface area contributed by atoms with Crippen LogP contribution in [0.3, 0.4) is 0 Å². The van der Waals surface area contributed by atoms with Crippen LogP contribution in [0, 0.1) is 0 Å². The largest absolute Gasteiger partial charge is 2.00 e. The zero-order valence-electron chi connectivity index (χ0n) is 4.31. The molecule has 15 valence electrons. The summed E-state index contributed by atoms with van der Waals surface area (Å²) in [6, 6.07) is 0. The molecule has 0 aromatic heterocycles. The van der Waals surface area contributed by atoms with E-state index in [1.807, 2.05) is 0 Å². The second kappa shape index (κ2) is 16.0. The van der Waals surface area contributed by atoms with Crippen LogP contribution in [-0.2, 0) is 0 Å². The Morgan fingerprint density at radius 1 is 1.25 bits per heavy atom. The first-order chi connectivity index (χ1) is 0. The summed E-state index contributed by atoms with van der Waals surface area (Å²) in [7, 11) is 0. The standard InChI is InChI=1S/Al.Bi.Ca.In.2H/q;;+2;;2*-1. The van der Waals surface area contributed by atoms with Crippen LogP contribution < -0.4 is 0 Å². The molecule has 0 spiro atoms. The smallest absolute Gasteiger partial charge is 1.00 e. The van der Waals surface area contributed by atoms with Gasteiger partial charge in [-0.05, 0) is 0 Å². The summed E-state index contributed by atoms with van der Waals surface area (Å²) in [6.07, 6.45) is 0. The third-order valence-electron chi connectivity index (χ3n) is 0. The van der Waals surface area contributed by atoms with Crippen molar-refractivity contribution in [3.8, 4) is 0 Å². The van der Waals surface area contributed by atoms with Gasteiger partial charge in [-0.15, -0.1) is 0 Å². The Kier molecular flexibility index (Phi) is 103. The van der Waals surface area contributed by atoms with Crippen LogP contribution >= 0.6 is 0 Å². The van der Waals surface area contributed by atoms with Crippen molar-refractivity contribution in [3.63, 3.8) is 0 Å². The van der Waals surface area contributed by atoms with Gasteiger partial charge in [0.15, 0.2) is 0 Å². The van der Waals surface area contributed by atoms with Crippen molar-refractivity contribution in [3.05, 3.63) is 0 Å². The minimum Gasteiger partial charge on any atom is -1.00 e. The Bertz CT molecular complexity index is 13.5. The fourth-order valence-electron chi connectivity index (χ4n) is 0. The minimum absolute atomic E-state index is 0. The Hall–Kier alpha value is 3.55. The van der Waals surface area contributed by atoms with E-state index in [2.05, 4.69) is 0 Å². The van der Waals surface area contributed by atoms with Crippen molar-refractivity contribution in [2.24, 2.45) is 0 Å². The Labute approximate surface area is 107 Å². The molecule has 0 aromatic carbocycles. The molecule has 0 fully saturated rings. The van der Waals surface area contributed by atoms with Crippen molar-refractivity contribution in [2.75, 3.05) is 0 Å². The van der Waals surface area contributed by atoms with Gasteiger partial charge in [0, 0.05) is 69.4 Å². The number of hydrogen-bond donors (Lipinski definition) is 0. The Morgan fingerprint density at radius 2 is 1.25 bits per heavy atom. The molecule has 4 heavy (non-hydrogen) atoms. The fraction of sp³-hybridized carbons (Fsp3) is 0. The van der Waals surface area contributed by atoms with Crippen LogP contribution in [-0.4, -0.2) is 107 Å². The van der Waals surface area contributed by atoms with E-state index >= 15 is 0 Å². The zero-order chi connectivity index (χ0) is 0. The van der Waals surface area contributed by atoms with Crippen LogP contribution in [0.2, 0.25) is 0 Å². The number of rotatable bonds is 0. The maximum atomic E-state index is 0. The molecule has 0 amide bonds. The summed E-state index contributed by atoms with van der Waals surface area (Å²) in [6.45, 7) is 0. The molecule has 0 nitrogen and oxygen atoms in total. The maximum Gasteiger partial charge on any atom is 2.00 e. The summed E-state index contributed by atoms with van der Waals surface area (Å²) < 4.78 is 0. The molecule has 0 bridgehead atoms. The molecule has 0 aliphatic rings. The van der Waals surface area contributed by atoms with Crippen molar-refractivity contribution in [1.29, 1.82) is 0 Å². The van der Waals surface area contributed by atoms with Crippen molar-refractivity contribution in [2.45, 2.75) is 0 Å². The second-order valence-electron chi connectivity index (χ2n) is 0. The molecule has 0 aliphatic heterocycles. The van der Waals surface area contributed by atoms with Gasteiger partial charge in [-0.25, -0.2) is 0 Å². The van der Waals surface area contributed by atoms with Crippen molar-refractivity contribution < 1.29 is 2.85 Å². The van der Waals surface area contributed by atoms with Gasteiger partial charge in [-0.1, -0.05) is 0 Å². The predicted octanol–water partition coefficient (Wildman–Crippen LogP) is -1.30. The van der Waals surface area contributed by atoms with E-state index < -0.39 is 0 Å². The summed E-state index contributed by atoms with van der Waals surface area (Å²) in [5, 5.41) is 0. The average Bonchev–Trinajstić information content (AvgIpc) is 0. The molecule has 4 heteroatoms. The predicted molar refractivity (Wildman–Crippen MR) is 25.2 cm³/mol. The van der Waals surface area contributed by atoms with E-state index in [4.69, 9.17) is 0 Å². The van der Waals surface area contributed by atoms with E-state index in [1.54, 1.807) is 0 Å². The first-order valence-electron chi connectivity index (χ1n) is 0. The SMILES string of the molecule is [Al].[Bi].[Ca+2].[H-].[H-].[In]. The molecule has 9 radical (unpaired) electrons. The van der Waals surface area contributed by atoms with Crippen LogP contribution in [0.15, 0.2) is 0 Å². The first-order valence-corrected chi connectivity index (χ1v) is 0. The third kappa shape index (κ3) is 9.11. The van der Waals surface area contributed by atoms with Crippen LogP contribution in [0.1, 0.15) is 2.85 Å². The summed E-state index contributed by atoms with van der Waals surface area (Å²) in [4.78, 5) is 0. The van der Waals surface area contributed by atoms with E-state index in [0.717, 1.165) is 0 Å². The molecule has 0 saturated carbocycles. The molecule has 0 unspecified atom stereocenters. The van der Waals surface area contributed by atoms with Gasteiger partial charge in [0.05, 0.1) is 0 Å². The zero-order valence-corrected chi connectivity index (χ0v) is 12.4. The molecule has 0 atom stereocenters. The number of hydrogen-bond acceptors (Lipinski definition) is 0. The summed E-state index contributed by atoms with van der Waals surface area (Å²) in [5.74, 6) is 0. The first kappa shape index (κ1) is 25.7. The van der Waals surface area contributed by atoms with Gasteiger partial charge >= 0.3 is 37.7 Å². The summed E-state index contributed by atoms with van der Waals surface area (Å²) in [5.41, 5.74) is 0. The Morgan fingerprint density at radius 3 is 1.25 bits per heavy atom. The topological polar surface area (TPSA) is 0 Å². The molecular formula is H2AlBiCaIn. The minimum atomic E-state index is 0. The molecule has 0 aromatic rings. The van der Waals surface area contributed by atoms with Gasteiger partial charge in [0.25, 0.3) is 0 Å². The quantitative estimate of drug-likeness (QED) is 0.450. The van der Waals surface area contributed by atoms with E-state index in [0.29, 0.717) is 0 Å². The van der Waals surface area contributed by atoms with Crippen molar-refractivity contribution in [1.82, 2.24) is 0 Å². The fourth-order valence-corrected chi connectivity index (χ4v) is 0. The molecule has 0 aliphatic carbocycles. The van der Waals surface area contributed by atoms with E-state index in [1.165, 1.54) is 0 Å². The summed E-state index contributed by atoms with van der Waals surface area (Å²) >= 11 is 0. The van der Waals surface area contributed by atoms with Crippen LogP contribution in [0.25, 0.3) is 0 Å². The van der Waals surface area contributed by atoms with Gasteiger partial charge in [0.1, 0.15) is 0 Å². The maximum absolute atomic E-state index is 0. The molecule has 0 N–H and O–H groups in total. The van der Waals surface area contributed by atoms with Crippen LogP contribution in [0.5, 0.6) is 0 Å². The third-order valence-corrected chi connectivity index (χ3v) is 0. The molecule has 0 saturated heterocycles.